The number of amides is 2. The third-order valence-corrected chi connectivity index (χ3v) is 8.57. The topological polar surface area (TPSA) is 74.8 Å². The van der Waals surface area contributed by atoms with Crippen LogP contribution in [0.5, 0.6) is 5.88 Å². The SMILES string of the molecule is C=C1N(C)C=C(C(=O)Nc2ccc(F)c(-c3cccc(-c4cc5c(c(OC)n4)CCC5)c3Cl)c2C)C(=O)N1C.CC.CCC(C)C. The molecule has 1 aliphatic heterocycles. The van der Waals surface area contributed by atoms with Gasteiger partial charge in [-0.15, -0.1) is 0 Å². The second-order valence-electron chi connectivity index (χ2n) is 11.5. The number of ether oxygens (including phenoxy) is 1. The molecule has 0 fully saturated rings. The summed E-state index contributed by atoms with van der Waals surface area (Å²) in [5.41, 5.74) is 5.08. The summed E-state index contributed by atoms with van der Waals surface area (Å²) in [5.74, 6) is 0.328. The van der Waals surface area contributed by atoms with Crippen LogP contribution < -0.4 is 10.1 Å². The number of aryl methyl sites for hydroxylation is 1. The van der Waals surface area contributed by atoms with Gasteiger partial charge in [-0.2, -0.15) is 0 Å². The summed E-state index contributed by atoms with van der Waals surface area (Å²) in [6.07, 6.45) is 5.63. The van der Waals surface area contributed by atoms with Gasteiger partial charge in [-0.25, -0.2) is 9.37 Å². The predicted molar refractivity (Wildman–Crippen MR) is 186 cm³/mol. The van der Waals surface area contributed by atoms with E-state index < -0.39 is 17.6 Å². The normalized spacial score (nSPS) is 13.8. The summed E-state index contributed by atoms with van der Waals surface area (Å²) >= 11 is 6.91. The number of nitrogens with zero attached hydrogens (tertiary/aromatic N) is 3. The van der Waals surface area contributed by atoms with Crippen LogP contribution in [0.25, 0.3) is 22.4 Å². The van der Waals surface area contributed by atoms with Gasteiger partial charge in [0, 0.05) is 48.2 Å². The molecule has 3 aromatic rings. The van der Waals surface area contributed by atoms with Crippen LogP contribution >= 0.6 is 11.6 Å². The summed E-state index contributed by atoms with van der Waals surface area (Å²) in [4.78, 5) is 33.4. The number of methoxy groups -OCH3 is 1. The van der Waals surface area contributed by atoms with E-state index >= 15 is 4.39 Å². The summed E-state index contributed by atoms with van der Waals surface area (Å²) < 4.78 is 20.9. The molecule has 1 aromatic heterocycles. The molecule has 5 rings (SSSR count). The fourth-order valence-corrected chi connectivity index (χ4v) is 5.44. The van der Waals surface area contributed by atoms with E-state index in [1.165, 1.54) is 35.2 Å². The van der Waals surface area contributed by atoms with Crippen molar-refractivity contribution in [2.24, 2.45) is 5.92 Å². The first-order valence-electron chi connectivity index (χ1n) is 15.8. The fourth-order valence-electron chi connectivity index (χ4n) is 5.12. The van der Waals surface area contributed by atoms with E-state index in [1.807, 2.05) is 26.0 Å². The Morgan fingerprint density at radius 3 is 2.43 bits per heavy atom. The predicted octanol–water partition coefficient (Wildman–Crippen LogP) is 8.79. The highest BCUT2D eigenvalue weighted by Gasteiger charge is 2.30. The average molecular weight is 649 g/mol. The van der Waals surface area contributed by atoms with Crippen molar-refractivity contribution in [3.8, 4) is 28.3 Å². The number of benzene rings is 2. The van der Waals surface area contributed by atoms with Crippen LogP contribution in [0.1, 0.15) is 64.2 Å². The highest BCUT2D eigenvalue weighted by Crippen LogP contribution is 2.42. The molecule has 1 N–H and O–H groups in total. The second kappa shape index (κ2) is 15.9. The lowest BCUT2D eigenvalue weighted by Gasteiger charge is -2.31. The quantitative estimate of drug-likeness (QED) is 0.271. The van der Waals surface area contributed by atoms with Gasteiger partial charge in [0.05, 0.1) is 17.8 Å². The van der Waals surface area contributed by atoms with E-state index in [-0.39, 0.29) is 11.1 Å². The van der Waals surface area contributed by atoms with Crippen LogP contribution in [0, 0.1) is 18.7 Å². The first-order valence-corrected chi connectivity index (χ1v) is 16.1. The lowest BCUT2D eigenvalue weighted by molar-refractivity contribution is -0.128. The Labute approximate surface area is 278 Å². The lowest BCUT2D eigenvalue weighted by atomic mass is 9.95. The number of hydrogen-bond donors (Lipinski definition) is 1. The number of anilines is 1. The zero-order valence-electron chi connectivity index (χ0n) is 28.5. The van der Waals surface area contributed by atoms with Crippen LogP contribution in [-0.2, 0) is 22.4 Å². The minimum Gasteiger partial charge on any atom is -0.481 e. The minimum absolute atomic E-state index is 0.0608. The highest BCUT2D eigenvalue weighted by atomic mass is 35.5. The number of halogens is 2. The van der Waals surface area contributed by atoms with Crippen molar-refractivity contribution in [2.75, 3.05) is 26.5 Å². The number of carbonyl (C=O) groups excluding carboxylic acids is 2. The molecule has 9 heteroatoms. The minimum atomic E-state index is -0.610. The Morgan fingerprint density at radius 2 is 1.80 bits per heavy atom. The maximum Gasteiger partial charge on any atom is 0.266 e. The largest absolute Gasteiger partial charge is 0.481 e. The van der Waals surface area contributed by atoms with Gasteiger partial charge < -0.3 is 15.0 Å². The number of nitrogens with one attached hydrogen (secondary N) is 1. The monoisotopic (exact) mass is 648 g/mol. The molecule has 0 atom stereocenters. The Bertz CT molecular complexity index is 1650. The molecule has 246 valence electrons. The molecule has 2 aliphatic rings. The molecule has 1 aliphatic carbocycles. The van der Waals surface area contributed by atoms with Gasteiger partial charge in [0.1, 0.15) is 17.2 Å². The number of aromatic nitrogens is 1. The highest BCUT2D eigenvalue weighted by molar-refractivity contribution is 6.36. The van der Waals surface area contributed by atoms with E-state index in [9.17, 15) is 9.59 Å². The van der Waals surface area contributed by atoms with Gasteiger partial charge in [-0.05, 0) is 61.4 Å². The first kappa shape index (κ1) is 36.3. The van der Waals surface area contributed by atoms with Crippen molar-refractivity contribution >= 4 is 29.1 Å². The Morgan fingerprint density at radius 1 is 1.15 bits per heavy atom. The standard InChI is InChI=1S/C30H28ClFN4O3.C5H12.C2H6/c1-16-24(33-28(37)22-15-35(3)17(2)36(4)30(22)38)13-12-23(32)26(16)21-11-7-10-20(27(21)31)25-14-18-8-6-9-19(18)29(34-25)39-5;1-4-5(2)3;1-2/h7,10-15H,2,6,8-9H2,1,3-5H3,(H,33,37);5H,4H2,1-3H3;1-2H3. The van der Waals surface area contributed by atoms with Crippen LogP contribution in [0.4, 0.5) is 10.1 Å². The Hall–Kier alpha value is -4.17. The van der Waals surface area contributed by atoms with E-state index in [0.29, 0.717) is 44.8 Å². The summed E-state index contributed by atoms with van der Waals surface area (Å²) in [6, 6.07) is 10.1. The third-order valence-electron chi connectivity index (χ3n) is 8.16. The molecule has 2 heterocycles. The summed E-state index contributed by atoms with van der Waals surface area (Å²) in [6.45, 7) is 16.2. The zero-order chi connectivity index (χ0) is 34.3. The smallest absolute Gasteiger partial charge is 0.266 e. The van der Waals surface area contributed by atoms with Crippen molar-refractivity contribution in [2.45, 2.75) is 67.2 Å². The molecule has 0 unspecified atom stereocenters. The fraction of sp³-hybridized carbons (Fsp3) is 0.378. The second-order valence-corrected chi connectivity index (χ2v) is 11.8. The van der Waals surface area contributed by atoms with Gasteiger partial charge in [0.25, 0.3) is 11.8 Å². The van der Waals surface area contributed by atoms with Crippen molar-refractivity contribution in [3.63, 3.8) is 0 Å². The van der Waals surface area contributed by atoms with Crippen LogP contribution in [0.3, 0.4) is 0 Å². The number of hydrogen-bond acceptors (Lipinski definition) is 5. The molecule has 0 saturated heterocycles. The van der Waals surface area contributed by atoms with E-state index in [0.717, 1.165) is 30.7 Å². The van der Waals surface area contributed by atoms with Crippen LogP contribution in [-0.4, -0.2) is 47.8 Å². The number of rotatable bonds is 6. The molecule has 2 aromatic carbocycles. The molecule has 46 heavy (non-hydrogen) atoms. The van der Waals surface area contributed by atoms with Crippen LogP contribution in [0.2, 0.25) is 5.02 Å². The molecular formula is C37H46ClFN4O3. The summed E-state index contributed by atoms with van der Waals surface area (Å²) in [7, 11) is 4.84. The molecule has 0 spiro atoms. The van der Waals surface area contributed by atoms with Crippen molar-refractivity contribution in [1.29, 1.82) is 0 Å². The molecule has 0 radical (unpaired) electrons. The maximum atomic E-state index is 15.3. The summed E-state index contributed by atoms with van der Waals surface area (Å²) in [5, 5.41) is 3.10. The van der Waals surface area contributed by atoms with Gasteiger partial charge >= 0.3 is 0 Å². The van der Waals surface area contributed by atoms with Gasteiger partial charge in [-0.1, -0.05) is 77.4 Å². The molecule has 0 saturated carbocycles. The average Bonchev–Trinajstić information content (AvgIpc) is 3.53. The van der Waals surface area contributed by atoms with Gasteiger partial charge in [0.2, 0.25) is 5.88 Å². The molecule has 7 nitrogen and oxygen atoms in total. The van der Waals surface area contributed by atoms with Gasteiger partial charge in [-0.3, -0.25) is 14.5 Å². The van der Waals surface area contributed by atoms with Crippen molar-refractivity contribution in [3.05, 3.63) is 88.1 Å². The number of carbonyl (C=O) groups is 2. The molecule has 2 amide bonds. The Kier molecular flexibility index (Phi) is 12.5. The van der Waals surface area contributed by atoms with E-state index in [4.69, 9.17) is 21.3 Å². The zero-order valence-corrected chi connectivity index (χ0v) is 29.2. The number of fused-ring (bicyclic) bond motifs is 1. The number of pyridine rings is 1. The van der Waals surface area contributed by atoms with E-state index in [1.54, 1.807) is 45.2 Å². The third kappa shape index (κ3) is 7.61. The first-order chi connectivity index (χ1) is 21.9. The lowest BCUT2D eigenvalue weighted by Crippen LogP contribution is -2.41. The van der Waals surface area contributed by atoms with Crippen molar-refractivity contribution in [1.82, 2.24) is 14.8 Å². The van der Waals surface area contributed by atoms with E-state index in [2.05, 4.69) is 32.7 Å². The van der Waals surface area contributed by atoms with Crippen molar-refractivity contribution < 1.29 is 18.7 Å². The number of likely N-dealkylation sites (N-methyl/N-ethyl adjacent to an activating group) is 1. The maximum absolute atomic E-state index is 15.3. The molecular weight excluding hydrogens is 603 g/mol. The molecule has 0 bridgehead atoms. The van der Waals surface area contributed by atoms with Crippen LogP contribution in [0.15, 0.2) is 60.6 Å². The Balaban J connectivity index is 0.000000752. The van der Waals surface area contributed by atoms with Gasteiger partial charge in [0.15, 0.2) is 0 Å².